The Kier molecular flexibility index (Phi) is 4.65. The standard InChI is InChI=1S/C17H30N2O/c20-16-5-4-15(19-16)8-13-18-14-6-11-17(12-7-14)9-2-1-3-10-17/h14-15,18H,1-13H2,(H,19,20). The van der Waals surface area contributed by atoms with E-state index in [0.717, 1.165) is 37.3 Å². The van der Waals surface area contributed by atoms with Crippen LogP contribution in [-0.4, -0.2) is 24.5 Å². The van der Waals surface area contributed by atoms with Gasteiger partial charge in [0.05, 0.1) is 0 Å². The van der Waals surface area contributed by atoms with E-state index in [4.69, 9.17) is 0 Å². The van der Waals surface area contributed by atoms with Crippen molar-refractivity contribution in [2.24, 2.45) is 5.41 Å². The van der Waals surface area contributed by atoms with Crippen LogP contribution in [0.15, 0.2) is 0 Å². The minimum atomic E-state index is 0.243. The fourth-order valence-corrected chi connectivity index (χ4v) is 4.59. The predicted molar refractivity (Wildman–Crippen MR) is 81.6 cm³/mol. The zero-order valence-corrected chi connectivity index (χ0v) is 12.8. The number of rotatable bonds is 4. The van der Waals surface area contributed by atoms with Crippen LogP contribution in [-0.2, 0) is 4.79 Å². The zero-order valence-electron chi connectivity index (χ0n) is 12.8. The molecule has 2 N–H and O–H groups in total. The highest BCUT2D eigenvalue weighted by Gasteiger charge is 2.35. The van der Waals surface area contributed by atoms with Crippen molar-refractivity contribution in [2.45, 2.75) is 89.1 Å². The summed E-state index contributed by atoms with van der Waals surface area (Å²) >= 11 is 0. The van der Waals surface area contributed by atoms with Crippen LogP contribution < -0.4 is 10.6 Å². The van der Waals surface area contributed by atoms with Gasteiger partial charge in [-0.15, -0.1) is 0 Å². The molecular formula is C17H30N2O. The maximum Gasteiger partial charge on any atom is 0.220 e. The van der Waals surface area contributed by atoms with Gasteiger partial charge >= 0.3 is 0 Å². The second kappa shape index (κ2) is 6.46. The van der Waals surface area contributed by atoms with E-state index in [2.05, 4.69) is 10.6 Å². The van der Waals surface area contributed by atoms with Crippen molar-refractivity contribution < 1.29 is 4.79 Å². The third-order valence-corrected chi connectivity index (χ3v) is 5.97. The van der Waals surface area contributed by atoms with Gasteiger partial charge in [-0.3, -0.25) is 4.79 Å². The van der Waals surface area contributed by atoms with Crippen molar-refractivity contribution in [1.82, 2.24) is 10.6 Å². The van der Waals surface area contributed by atoms with E-state index in [-0.39, 0.29) is 5.91 Å². The second-order valence-corrected chi connectivity index (χ2v) is 7.38. The number of nitrogens with one attached hydrogen (secondary N) is 2. The lowest BCUT2D eigenvalue weighted by molar-refractivity contribution is -0.119. The third kappa shape index (κ3) is 3.55. The van der Waals surface area contributed by atoms with E-state index in [0.29, 0.717) is 6.04 Å². The Bertz CT molecular complexity index is 326. The van der Waals surface area contributed by atoms with Crippen LogP contribution in [0.1, 0.15) is 77.0 Å². The normalized spacial score (nSPS) is 30.6. The van der Waals surface area contributed by atoms with Gasteiger partial charge in [0.1, 0.15) is 0 Å². The van der Waals surface area contributed by atoms with Gasteiger partial charge in [0.15, 0.2) is 0 Å². The molecule has 2 saturated carbocycles. The first-order valence-corrected chi connectivity index (χ1v) is 8.79. The molecular weight excluding hydrogens is 248 g/mol. The Morgan fingerprint density at radius 2 is 1.80 bits per heavy atom. The maximum absolute atomic E-state index is 11.2. The Hall–Kier alpha value is -0.570. The van der Waals surface area contributed by atoms with Crippen LogP contribution in [0.3, 0.4) is 0 Å². The van der Waals surface area contributed by atoms with Crippen molar-refractivity contribution in [3.8, 4) is 0 Å². The van der Waals surface area contributed by atoms with Gasteiger partial charge in [0, 0.05) is 18.5 Å². The molecule has 3 heteroatoms. The third-order valence-electron chi connectivity index (χ3n) is 5.97. The van der Waals surface area contributed by atoms with E-state index >= 15 is 0 Å². The van der Waals surface area contributed by atoms with E-state index in [9.17, 15) is 4.79 Å². The number of amides is 1. The fourth-order valence-electron chi connectivity index (χ4n) is 4.59. The van der Waals surface area contributed by atoms with Crippen LogP contribution in [0.5, 0.6) is 0 Å². The molecule has 1 heterocycles. The summed E-state index contributed by atoms with van der Waals surface area (Å²) in [6.07, 6.45) is 15.9. The summed E-state index contributed by atoms with van der Waals surface area (Å²) in [4.78, 5) is 11.2. The zero-order chi connectivity index (χ0) is 13.8. The molecule has 1 amide bonds. The Morgan fingerprint density at radius 1 is 1.05 bits per heavy atom. The monoisotopic (exact) mass is 278 g/mol. The summed E-state index contributed by atoms with van der Waals surface area (Å²) in [5.41, 5.74) is 0.732. The average Bonchev–Trinajstić information content (AvgIpc) is 2.88. The van der Waals surface area contributed by atoms with E-state index < -0.39 is 0 Å². The molecule has 1 aliphatic heterocycles. The first kappa shape index (κ1) is 14.4. The van der Waals surface area contributed by atoms with Crippen LogP contribution in [0, 0.1) is 5.41 Å². The maximum atomic E-state index is 11.2. The Labute approximate surface area is 123 Å². The highest BCUT2D eigenvalue weighted by atomic mass is 16.1. The number of carbonyl (C=O) groups excluding carboxylic acids is 1. The Morgan fingerprint density at radius 3 is 2.45 bits per heavy atom. The van der Waals surface area contributed by atoms with E-state index in [1.54, 1.807) is 0 Å². The predicted octanol–water partition coefficient (Wildman–Crippen LogP) is 3.14. The fraction of sp³-hybridized carbons (Fsp3) is 0.941. The van der Waals surface area contributed by atoms with Gasteiger partial charge in [-0.25, -0.2) is 0 Å². The number of hydrogen-bond acceptors (Lipinski definition) is 2. The van der Waals surface area contributed by atoms with Gasteiger partial charge in [-0.05, 0) is 63.3 Å². The molecule has 3 aliphatic rings. The van der Waals surface area contributed by atoms with Crippen LogP contribution >= 0.6 is 0 Å². The van der Waals surface area contributed by atoms with Crippen molar-refractivity contribution in [1.29, 1.82) is 0 Å². The highest BCUT2D eigenvalue weighted by molar-refractivity contribution is 5.78. The van der Waals surface area contributed by atoms with Crippen LogP contribution in [0.25, 0.3) is 0 Å². The Balaban J connectivity index is 1.33. The first-order valence-electron chi connectivity index (χ1n) is 8.79. The molecule has 2 aliphatic carbocycles. The minimum Gasteiger partial charge on any atom is -0.353 e. The lowest BCUT2D eigenvalue weighted by Gasteiger charge is -2.43. The molecule has 1 atom stereocenters. The largest absolute Gasteiger partial charge is 0.353 e. The van der Waals surface area contributed by atoms with Gasteiger partial charge in [-0.2, -0.15) is 0 Å². The molecule has 1 unspecified atom stereocenters. The quantitative estimate of drug-likeness (QED) is 0.829. The molecule has 0 radical (unpaired) electrons. The average molecular weight is 278 g/mol. The van der Waals surface area contributed by atoms with Gasteiger partial charge in [-0.1, -0.05) is 19.3 Å². The summed E-state index contributed by atoms with van der Waals surface area (Å²) in [5.74, 6) is 0.243. The van der Waals surface area contributed by atoms with Crippen LogP contribution in [0.4, 0.5) is 0 Å². The summed E-state index contributed by atoms with van der Waals surface area (Å²) in [6.45, 7) is 1.07. The van der Waals surface area contributed by atoms with Gasteiger partial charge in [0.25, 0.3) is 0 Å². The topological polar surface area (TPSA) is 41.1 Å². The molecule has 3 fully saturated rings. The van der Waals surface area contributed by atoms with Crippen molar-refractivity contribution in [2.75, 3.05) is 6.54 Å². The van der Waals surface area contributed by atoms with Crippen molar-refractivity contribution in [3.05, 3.63) is 0 Å². The molecule has 1 saturated heterocycles. The van der Waals surface area contributed by atoms with E-state index in [1.165, 1.54) is 57.8 Å². The van der Waals surface area contributed by atoms with Gasteiger partial charge in [0.2, 0.25) is 5.91 Å². The molecule has 0 aromatic carbocycles. The lowest BCUT2D eigenvalue weighted by Crippen LogP contribution is -2.40. The highest BCUT2D eigenvalue weighted by Crippen LogP contribution is 2.47. The number of hydrogen-bond donors (Lipinski definition) is 2. The summed E-state index contributed by atoms with van der Waals surface area (Å²) in [5, 5.41) is 6.79. The molecule has 0 bridgehead atoms. The minimum absolute atomic E-state index is 0.243. The molecule has 0 aromatic heterocycles. The molecule has 114 valence electrons. The first-order chi connectivity index (χ1) is 9.76. The summed E-state index contributed by atoms with van der Waals surface area (Å²) in [7, 11) is 0. The van der Waals surface area contributed by atoms with Crippen molar-refractivity contribution >= 4 is 5.91 Å². The molecule has 3 nitrogen and oxygen atoms in total. The lowest BCUT2D eigenvalue weighted by atomic mass is 9.64. The van der Waals surface area contributed by atoms with Crippen LogP contribution in [0.2, 0.25) is 0 Å². The van der Waals surface area contributed by atoms with Gasteiger partial charge < -0.3 is 10.6 Å². The molecule has 0 aromatic rings. The molecule has 3 rings (SSSR count). The second-order valence-electron chi connectivity index (χ2n) is 7.38. The summed E-state index contributed by atoms with van der Waals surface area (Å²) in [6, 6.07) is 1.17. The SMILES string of the molecule is O=C1CCC(CCNC2CCC3(CCCCC3)CC2)N1. The van der Waals surface area contributed by atoms with Crippen molar-refractivity contribution in [3.63, 3.8) is 0 Å². The smallest absolute Gasteiger partial charge is 0.220 e. The number of carbonyl (C=O) groups is 1. The summed E-state index contributed by atoms with van der Waals surface area (Å²) < 4.78 is 0. The molecule has 1 spiro atoms. The van der Waals surface area contributed by atoms with E-state index in [1.807, 2.05) is 0 Å². The molecule has 20 heavy (non-hydrogen) atoms.